The van der Waals surface area contributed by atoms with Gasteiger partial charge in [-0.3, -0.25) is 0 Å². The lowest BCUT2D eigenvalue weighted by atomic mass is 9.97. The van der Waals surface area contributed by atoms with E-state index in [9.17, 15) is 13.5 Å². The number of sulfonamides is 1. The van der Waals surface area contributed by atoms with Crippen LogP contribution in [0.2, 0.25) is 0 Å². The van der Waals surface area contributed by atoms with Crippen LogP contribution in [0.1, 0.15) is 25.7 Å². The highest BCUT2D eigenvalue weighted by Crippen LogP contribution is 2.22. The standard InChI is InChI=1S/C6H13NO3S/c7-11(9,10)6-4-2-1-3-5(6)8/h5-6,8H,1-4H2,(H2,7,9,10)/t5-,6+/m1/s1. The number of aliphatic hydroxyl groups is 1. The second-order valence-corrected chi connectivity index (χ2v) is 4.76. The van der Waals surface area contributed by atoms with Crippen molar-refractivity contribution in [2.75, 3.05) is 0 Å². The van der Waals surface area contributed by atoms with Crippen LogP contribution < -0.4 is 5.14 Å². The van der Waals surface area contributed by atoms with Gasteiger partial charge in [0.15, 0.2) is 0 Å². The summed E-state index contributed by atoms with van der Waals surface area (Å²) in [6, 6.07) is 0. The summed E-state index contributed by atoms with van der Waals surface area (Å²) < 4.78 is 21.6. The minimum absolute atomic E-state index is 0.500. The Balaban J connectivity index is 2.70. The summed E-state index contributed by atoms with van der Waals surface area (Å²) in [6.07, 6.45) is 2.05. The van der Waals surface area contributed by atoms with Crippen molar-refractivity contribution >= 4 is 10.0 Å². The lowest BCUT2D eigenvalue weighted by Crippen LogP contribution is -2.40. The fourth-order valence-corrected chi connectivity index (χ4v) is 2.53. The predicted molar refractivity (Wildman–Crippen MR) is 41.4 cm³/mol. The van der Waals surface area contributed by atoms with Crippen LogP contribution in [-0.2, 0) is 10.0 Å². The van der Waals surface area contributed by atoms with E-state index in [1.165, 1.54) is 0 Å². The van der Waals surface area contributed by atoms with Gasteiger partial charge in [-0.05, 0) is 12.8 Å². The van der Waals surface area contributed by atoms with Gasteiger partial charge in [0.1, 0.15) is 5.25 Å². The van der Waals surface area contributed by atoms with Crippen molar-refractivity contribution in [2.24, 2.45) is 5.14 Å². The maximum absolute atomic E-state index is 10.8. The van der Waals surface area contributed by atoms with Crippen molar-refractivity contribution < 1.29 is 13.5 Å². The number of nitrogens with two attached hydrogens (primary N) is 1. The van der Waals surface area contributed by atoms with Crippen LogP contribution in [0.3, 0.4) is 0 Å². The van der Waals surface area contributed by atoms with Crippen molar-refractivity contribution in [2.45, 2.75) is 37.0 Å². The Labute approximate surface area is 66.5 Å². The van der Waals surface area contributed by atoms with Crippen molar-refractivity contribution in [1.29, 1.82) is 0 Å². The van der Waals surface area contributed by atoms with Crippen LogP contribution in [0.25, 0.3) is 0 Å². The maximum Gasteiger partial charge on any atom is 0.214 e. The minimum atomic E-state index is -3.53. The largest absolute Gasteiger partial charge is 0.392 e. The van der Waals surface area contributed by atoms with Crippen molar-refractivity contribution in [3.05, 3.63) is 0 Å². The molecule has 0 radical (unpaired) electrons. The molecule has 0 heterocycles. The Hall–Kier alpha value is -0.130. The first-order chi connectivity index (χ1) is 5.02. The molecule has 0 aromatic carbocycles. The summed E-state index contributed by atoms with van der Waals surface area (Å²) in [5.41, 5.74) is 0. The Bertz CT molecular complexity index is 224. The third-order valence-electron chi connectivity index (χ3n) is 2.09. The molecule has 0 aromatic heterocycles. The predicted octanol–water partition coefficient (Wildman–Crippen LogP) is -0.422. The molecule has 0 aliphatic heterocycles. The lowest BCUT2D eigenvalue weighted by Gasteiger charge is -2.25. The zero-order chi connectivity index (χ0) is 8.48. The molecule has 66 valence electrons. The van der Waals surface area contributed by atoms with E-state index in [-0.39, 0.29) is 0 Å². The monoisotopic (exact) mass is 179 g/mol. The van der Waals surface area contributed by atoms with Crippen molar-refractivity contribution in [3.8, 4) is 0 Å². The molecule has 1 aliphatic carbocycles. The van der Waals surface area contributed by atoms with Crippen LogP contribution in [0.4, 0.5) is 0 Å². The fourth-order valence-electron chi connectivity index (χ4n) is 1.46. The highest BCUT2D eigenvalue weighted by molar-refractivity contribution is 7.89. The summed E-state index contributed by atoms with van der Waals surface area (Å²) in [5, 5.41) is 13.4. The van der Waals surface area contributed by atoms with Crippen LogP contribution in [0, 0.1) is 0 Å². The molecule has 0 unspecified atom stereocenters. The molecule has 4 nitrogen and oxygen atoms in total. The summed E-state index contributed by atoms with van der Waals surface area (Å²) >= 11 is 0. The third-order valence-corrected chi connectivity index (χ3v) is 3.48. The molecule has 0 amide bonds. The van der Waals surface area contributed by atoms with Gasteiger partial charge in [-0.25, -0.2) is 13.6 Å². The molecule has 11 heavy (non-hydrogen) atoms. The van der Waals surface area contributed by atoms with E-state index >= 15 is 0 Å². The molecule has 0 bridgehead atoms. The normalized spacial score (nSPS) is 33.6. The van der Waals surface area contributed by atoms with E-state index in [0.29, 0.717) is 12.8 Å². The Kier molecular flexibility index (Phi) is 2.51. The van der Waals surface area contributed by atoms with Gasteiger partial charge in [0.2, 0.25) is 10.0 Å². The number of aliphatic hydroxyl groups excluding tert-OH is 1. The second kappa shape index (κ2) is 3.08. The summed E-state index contributed by atoms with van der Waals surface area (Å²) in [7, 11) is -3.53. The molecule has 2 atom stereocenters. The first kappa shape index (κ1) is 8.96. The summed E-state index contributed by atoms with van der Waals surface area (Å²) in [5.74, 6) is 0. The average Bonchev–Trinajstić information content (AvgIpc) is 1.86. The molecule has 1 aliphatic rings. The molecular formula is C6H13NO3S. The molecule has 0 saturated heterocycles. The Morgan fingerprint density at radius 3 is 2.18 bits per heavy atom. The highest BCUT2D eigenvalue weighted by Gasteiger charge is 2.31. The number of hydrogen-bond donors (Lipinski definition) is 2. The molecule has 1 fully saturated rings. The van der Waals surface area contributed by atoms with Crippen LogP contribution in [-0.4, -0.2) is 24.9 Å². The van der Waals surface area contributed by atoms with Gasteiger partial charge < -0.3 is 5.11 Å². The quantitative estimate of drug-likeness (QED) is 0.573. The van der Waals surface area contributed by atoms with Gasteiger partial charge >= 0.3 is 0 Å². The van der Waals surface area contributed by atoms with E-state index in [1.807, 2.05) is 0 Å². The van der Waals surface area contributed by atoms with E-state index < -0.39 is 21.4 Å². The first-order valence-corrected chi connectivity index (χ1v) is 5.32. The van der Waals surface area contributed by atoms with Crippen molar-refractivity contribution in [1.82, 2.24) is 0 Å². The van der Waals surface area contributed by atoms with E-state index in [4.69, 9.17) is 5.14 Å². The third kappa shape index (κ3) is 2.15. The van der Waals surface area contributed by atoms with Gasteiger partial charge in [0.05, 0.1) is 6.10 Å². The molecule has 0 aromatic rings. The summed E-state index contributed by atoms with van der Waals surface area (Å²) in [4.78, 5) is 0. The maximum atomic E-state index is 10.8. The van der Waals surface area contributed by atoms with Gasteiger partial charge in [-0.15, -0.1) is 0 Å². The Morgan fingerprint density at radius 2 is 1.82 bits per heavy atom. The van der Waals surface area contributed by atoms with Gasteiger partial charge in [-0.1, -0.05) is 12.8 Å². The average molecular weight is 179 g/mol. The van der Waals surface area contributed by atoms with Crippen molar-refractivity contribution in [3.63, 3.8) is 0 Å². The van der Waals surface area contributed by atoms with Gasteiger partial charge in [0, 0.05) is 0 Å². The topological polar surface area (TPSA) is 80.4 Å². The molecule has 0 spiro atoms. The van der Waals surface area contributed by atoms with Crippen LogP contribution in [0.5, 0.6) is 0 Å². The number of rotatable bonds is 1. The van der Waals surface area contributed by atoms with Crippen LogP contribution in [0.15, 0.2) is 0 Å². The van der Waals surface area contributed by atoms with E-state index in [1.54, 1.807) is 0 Å². The highest BCUT2D eigenvalue weighted by atomic mass is 32.2. The number of hydrogen-bond acceptors (Lipinski definition) is 3. The lowest BCUT2D eigenvalue weighted by molar-refractivity contribution is 0.133. The Morgan fingerprint density at radius 1 is 1.27 bits per heavy atom. The second-order valence-electron chi connectivity index (χ2n) is 2.98. The molecule has 5 heteroatoms. The SMILES string of the molecule is NS(=O)(=O)[C@H]1CCCC[C@H]1O. The zero-order valence-corrected chi connectivity index (χ0v) is 7.05. The molecule has 1 saturated carbocycles. The van der Waals surface area contributed by atoms with Gasteiger partial charge in [-0.2, -0.15) is 0 Å². The van der Waals surface area contributed by atoms with E-state index in [0.717, 1.165) is 12.8 Å². The molecule has 3 N–H and O–H groups in total. The van der Waals surface area contributed by atoms with Crippen LogP contribution >= 0.6 is 0 Å². The minimum Gasteiger partial charge on any atom is -0.392 e. The zero-order valence-electron chi connectivity index (χ0n) is 6.23. The smallest absolute Gasteiger partial charge is 0.214 e. The summed E-state index contributed by atoms with van der Waals surface area (Å²) in [6.45, 7) is 0. The molecule has 1 rings (SSSR count). The molecular weight excluding hydrogens is 166 g/mol. The van der Waals surface area contributed by atoms with E-state index in [2.05, 4.69) is 0 Å². The first-order valence-electron chi connectivity index (χ1n) is 3.71. The van der Waals surface area contributed by atoms with Gasteiger partial charge in [0.25, 0.3) is 0 Å². The fraction of sp³-hybridized carbons (Fsp3) is 1.00. The number of primary sulfonamides is 1.